The number of aliphatic carboxylic acids is 3. The Bertz CT molecular complexity index is 1920. The maximum Gasteiger partial charge on any atom is 0.326 e. The number of carboxylic acids is 3. The second-order valence-electron chi connectivity index (χ2n) is 14.7. The van der Waals surface area contributed by atoms with E-state index in [1.54, 1.807) is 74.5 Å². The Hall–Kier alpha value is -6.51. The van der Waals surface area contributed by atoms with Gasteiger partial charge in [0.1, 0.15) is 42.3 Å². The molecule has 0 aliphatic carbocycles. The number of benzene rings is 2. The van der Waals surface area contributed by atoms with Crippen molar-refractivity contribution >= 4 is 71.0 Å². The molecule has 0 aromatic heterocycles. The van der Waals surface area contributed by atoms with Crippen LogP contribution in [0.25, 0.3) is 0 Å². The summed E-state index contributed by atoms with van der Waals surface area (Å²) in [5.41, 5.74) is 1.21. The average molecular weight is 870 g/mol. The van der Waals surface area contributed by atoms with Crippen LogP contribution >= 0.6 is 11.8 Å². The van der Waals surface area contributed by atoms with E-state index >= 15 is 0 Å². The molecule has 0 spiro atoms. The number of carbonyl (C=O) groups is 10. The Morgan fingerprint density at radius 2 is 1.23 bits per heavy atom. The van der Waals surface area contributed by atoms with Crippen LogP contribution in [0.4, 0.5) is 0 Å². The van der Waals surface area contributed by atoms with Gasteiger partial charge in [0.25, 0.3) is 0 Å². The monoisotopic (exact) mass is 869 g/mol. The number of hydrogen-bond acceptors (Lipinski definition) is 11. The molecule has 3 rings (SSSR count). The second-order valence-corrected chi connectivity index (χ2v) is 15.8. The van der Waals surface area contributed by atoms with Crippen molar-refractivity contribution in [2.45, 2.75) is 95.2 Å². The van der Waals surface area contributed by atoms with E-state index in [9.17, 15) is 63.3 Å². The van der Waals surface area contributed by atoms with Crippen molar-refractivity contribution in [1.29, 1.82) is 0 Å². The highest BCUT2D eigenvalue weighted by molar-refractivity contribution is 7.99. The lowest BCUT2D eigenvalue weighted by atomic mass is 10.0. The molecule has 1 fully saturated rings. The zero-order valence-corrected chi connectivity index (χ0v) is 34.5. The molecule has 1 saturated heterocycles. The number of carbonyl (C=O) groups excluding carboxylic acids is 7. The van der Waals surface area contributed by atoms with Crippen molar-refractivity contribution < 1.29 is 63.3 Å². The minimum absolute atomic E-state index is 0.0153. The summed E-state index contributed by atoms with van der Waals surface area (Å²) in [6.45, 7) is 4.69. The molecule has 0 radical (unpaired) electrons. The van der Waals surface area contributed by atoms with E-state index in [0.717, 1.165) is 11.8 Å². The average Bonchev–Trinajstić information content (AvgIpc) is 3.18. The standard InChI is InChI=1S/C40H51N7O13S/c1-21(2)14-25-34(53)43-28(18-33(51)52)37(56)47-31(39(58)44-27(17-32(49)50)36(55)45-29(40(59)60)16-24-12-8-5-9-13-24)20-61-19-30(38(57)42-25)46-35(54)26(41-22(3)48)15-23-10-6-4-7-11-23/h4-13,21,25-31H,14-20H2,1-3H3,(H,41,48)(H,42,57)(H,43,53)(H,44,58)(H,45,55)(H,46,54)(H,47,56)(H,49,50)(H,51,52)(H,59,60)/t25-,26-,27-,28-,29-,30-,31-/m0/s1. The number of rotatable bonds is 18. The highest BCUT2D eigenvalue weighted by Gasteiger charge is 2.36. The van der Waals surface area contributed by atoms with Crippen molar-refractivity contribution in [3.63, 3.8) is 0 Å². The highest BCUT2D eigenvalue weighted by Crippen LogP contribution is 2.13. The highest BCUT2D eigenvalue weighted by atomic mass is 32.2. The first-order valence-corrected chi connectivity index (χ1v) is 20.4. The van der Waals surface area contributed by atoms with Crippen molar-refractivity contribution in [2.24, 2.45) is 5.92 Å². The Morgan fingerprint density at radius 3 is 1.75 bits per heavy atom. The van der Waals surface area contributed by atoms with Gasteiger partial charge in [0.2, 0.25) is 41.4 Å². The van der Waals surface area contributed by atoms with Gasteiger partial charge in [0.15, 0.2) is 0 Å². The van der Waals surface area contributed by atoms with Gasteiger partial charge in [-0.1, -0.05) is 74.5 Å². The van der Waals surface area contributed by atoms with E-state index in [0.29, 0.717) is 11.1 Å². The molecule has 10 N–H and O–H groups in total. The van der Waals surface area contributed by atoms with Gasteiger partial charge in [0, 0.05) is 31.3 Å². The molecular weight excluding hydrogens is 819 g/mol. The lowest BCUT2D eigenvalue weighted by Crippen LogP contribution is -2.60. The van der Waals surface area contributed by atoms with Crippen molar-refractivity contribution in [3.8, 4) is 0 Å². The normalized spacial score (nSPS) is 20.0. The van der Waals surface area contributed by atoms with Crippen LogP contribution < -0.4 is 37.2 Å². The van der Waals surface area contributed by atoms with E-state index in [1.807, 2.05) is 0 Å². The largest absolute Gasteiger partial charge is 0.481 e. The first kappa shape index (κ1) is 48.9. The van der Waals surface area contributed by atoms with Gasteiger partial charge in [-0.25, -0.2) is 4.79 Å². The summed E-state index contributed by atoms with van der Waals surface area (Å²) in [5.74, 6) is -12.1. The number of hydrogen-bond donors (Lipinski definition) is 10. The SMILES string of the molecule is CC(=O)N[C@@H](Cc1ccccc1)C(=O)N[C@H]1CSC[C@@H](C(=O)N[C@@H](CC(=O)O)C(=O)N[C@@H](Cc2ccccc2)C(=O)O)NC(=O)[C@H](CC(=O)O)NC(=O)[C@H](CC(C)C)NC1=O. The van der Waals surface area contributed by atoms with Crippen LogP contribution in [0.3, 0.4) is 0 Å². The molecule has 20 nitrogen and oxygen atoms in total. The summed E-state index contributed by atoms with van der Waals surface area (Å²) in [5, 5.41) is 45.9. The van der Waals surface area contributed by atoms with Crippen LogP contribution in [0.5, 0.6) is 0 Å². The summed E-state index contributed by atoms with van der Waals surface area (Å²) in [6.07, 6.45) is -2.13. The van der Waals surface area contributed by atoms with E-state index in [4.69, 9.17) is 0 Å². The Kier molecular flexibility index (Phi) is 19.2. The number of nitrogens with one attached hydrogen (secondary N) is 7. The lowest BCUT2D eigenvalue weighted by Gasteiger charge is -2.26. The predicted molar refractivity (Wildman–Crippen MR) is 218 cm³/mol. The van der Waals surface area contributed by atoms with Crippen molar-refractivity contribution in [2.75, 3.05) is 11.5 Å². The number of thioether (sulfide) groups is 1. The van der Waals surface area contributed by atoms with E-state index in [1.165, 1.54) is 6.92 Å². The molecule has 61 heavy (non-hydrogen) atoms. The summed E-state index contributed by atoms with van der Waals surface area (Å²) in [6, 6.07) is 6.09. The molecule has 1 aliphatic heterocycles. The fraction of sp³-hybridized carbons (Fsp3) is 0.450. The van der Waals surface area contributed by atoms with Crippen LogP contribution in [-0.2, 0) is 60.8 Å². The Labute approximate surface area is 355 Å². The molecular formula is C40H51N7O13S. The zero-order chi connectivity index (χ0) is 45.2. The topological polar surface area (TPSA) is 316 Å². The molecule has 0 saturated carbocycles. The van der Waals surface area contributed by atoms with Crippen LogP contribution in [0.15, 0.2) is 60.7 Å². The Balaban J connectivity index is 1.97. The van der Waals surface area contributed by atoms with E-state index in [2.05, 4.69) is 37.2 Å². The summed E-state index contributed by atoms with van der Waals surface area (Å²) in [4.78, 5) is 130. The molecule has 2 aromatic carbocycles. The zero-order valence-electron chi connectivity index (χ0n) is 33.7. The third-order valence-electron chi connectivity index (χ3n) is 9.07. The van der Waals surface area contributed by atoms with Gasteiger partial charge < -0.3 is 52.5 Å². The predicted octanol–water partition coefficient (Wildman–Crippen LogP) is -1.29. The molecule has 7 amide bonds. The molecule has 1 heterocycles. The van der Waals surface area contributed by atoms with Crippen LogP contribution in [0.2, 0.25) is 0 Å². The van der Waals surface area contributed by atoms with E-state index < -0.39 is 120 Å². The maximum atomic E-state index is 13.9. The molecule has 0 bridgehead atoms. The van der Waals surface area contributed by atoms with Gasteiger partial charge in [-0.2, -0.15) is 11.8 Å². The van der Waals surface area contributed by atoms with Gasteiger partial charge >= 0.3 is 17.9 Å². The molecule has 2 aromatic rings. The molecule has 7 atom stereocenters. The van der Waals surface area contributed by atoms with Crippen molar-refractivity contribution in [3.05, 3.63) is 71.8 Å². The van der Waals surface area contributed by atoms with Gasteiger partial charge in [-0.05, 0) is 23.5 Å². The first-order chi connectivity index (χ1) is 28.8. The second kappa shape index (κ2) is 23.9. The van der Waals surface area contributed by atoms with Crippen molar-refractivity contribution in [1.82, 2.24) is 37.2 Å². The van der Waals surface area contributed by atoms with E-state index in [-0.39, 0.29) is 30.9 Å². The molecule has 21 heteroatoms. The van der Waals surface area contributed by atoms with Crippen LogP contribution in [0.1, 0.15) is 51.2 Å². The third kappa shape index (κ3) is 16.9. The third-order valence-corrected chi connectivity index (χ3v) is 10.2. The Morgan fingerprint density at radius 1 is 0.672 bits per heavy atom. The minimum Gasteiger partial charge on any atom is -0.481 e. The fourth-order valence-corrected chi connectivity index (χ4v) is 7.21. The molecule has 330 valence electrons. The number of amides is 7. The fourth-order valence-electron chi connectivity index (χ4n) is 6.13. The van der Waals surface area contributed by atoms with Gasteiger partial charge in [0.05, 0.1) is 12.8 Å². The van der Waals surface area contributed by atoms with Gasteiger partial charge in [-0.3, -0.25) is 43.2 Å². The molecule has 0 unspecified atom stereocenters. The quantitative estimate of drug-likeness (QED) is 0.0835. The number of carboxylic acid groups (broad SMARTS) is 3. The summed E-state index contributed by atoms with van der Waals surface area (Å²) < 4.78 is 0. The first-order valence-electron chi connectivity index (χ1n) is 19.2. The minimum atomic E-state index is -1.88. The van der Waals surface area contributed by atoms with Gasteiger partial charge in [-0.15, -0.1) is 0 Å². The maximum absolute atomic E-state index is 13.9. The van der Waals surface area contributed by atoms with Crippen LogP contribution in [-0.4, -0.2) is 128 Å². The smallest absolute Gasteiger partial charge is 0.326 e. The summed E-state index contributed by atoms with van der Waals surface area (Å²) >= 11 is 0.838. The summed E-state index contributed by atoms with van der Waals surface area (Å²) in [7, 11) is 0. The lowest BCUT2D eigenvalue weighted by molar-refractivity contribution is -0.143. The molecule has 1 aliphatic rings. The van der Waals surface area contributed by atoms with Crippen LogP contribution in [0, 0.1) is 5.92 Å².